The lowest BCUT2D eigenvalue weighted by molar-refractivity contribution is 0.665. The molecule has 54 heavy (non-hydrogen) atoms. The summed E-state index contributed by atoms with van der Waals surface area (Å²) in [6, 6.07) is 58.2. The molecule has 4 heterocycles. The molecule has 0 fully saturated rings. The topological polar surface area (TPSA) is 65.0 Å². The van der Waals surface area contributed by atoms with Crippen LogP contribution in [0.2, 0.25) is 0 Å². The van der Waals surface area contributed by atoms with Crippen LogP contribution in [0.15, 0.2) is 185 Å². The second kappa shape index (κ2) is 12.1. The molecule has 11 rings (SSSR count). The SMILES string of the molecule is c1ccc(-c2cc(-c3ccc(-c4cccc5c4oc4ccccc45)c4oc5ccccc5c34)nc(-c3ccc(-c4cccc5cccnc45)cc3)n2)cc1. The Morgan fingerprint density at radius 2 is 1.02 bits per heavy atom. The summed E-state index contributed by atoms with van der Waals surface area (Å²) in [5, 5.41) is 5.30. The molecule has 0 bridgehead atoms. The second-order valence-corrected chi connectivity index (χ2v) is 13.5. The van der Waals surface area contributed by atoms with Gasteiger partial charge in [-0.05, 0) is 35.9 Å². The lowest BCUT2D eigenvalue weighted by atomic mass is 9.95. The molecule has 5 heteroatoms. The van der Waals surface area contributed by atoms with Gasteiger partial charge in [0.05, 0.1) is 16.9 Å². The molecule has 0 unspecified atom stereocenters. The van der Waals surface area contributed by atoms with Gasteiger partial charge in [0.1, 0.15) is 22.3 Å². The van der Waals surface area contributed by atoms with Gasteiger partial charge in [0.15, 0.2) is 5.82 Å². The molecule has 0 radical (unpaired) electrons. The maximum atomic E-state index is 6.75. The van der Waals surface area contributed by atoms with Crippen molar-refractivity contribution in [2.45, 2.75) is 0 Å². The summed E-state index contributed by atoms with van der Waals surface area (Å²) in [7, 11) is 0. The van der Waals surface area contributed by atoms with Crippen LogP contribution in [0.4, 0.5) is 0 Å². The number of fused-ring (bicyclic) bond motifs is 7. The quantitative estimate of drug-likeness (QED) is 0.180. The Hall–Kier alpha value is -7.37. The predicted octanol–water partition coefficient (Wildman–Crippen LogP) is 13.2. The van der Waals surface area contributed by atoms with Gasteiger partial charge in [-0.15, -0.1) is 0 Å². The fraction of sp³-hybridized carbons (Fsp3) is 0. The van der Waals surface area contributed by atoms with Gasteiger partial charge in [0, 0.05) is 66.5 Å². The third kappa shape index (κ3) is 4.83. The zero-order valence-electron chi connectivity index (χ0n) is 28.9. The van der Waals surface area contributed by atoms with Gasteiger partial charge in [-0.3, -0.25) is 4.98 Å². The van der Waals surface area contributed by atoms with Crippen molar-refractivity contribution in [3.63, 3.8) is 0 Å². The van der Waals surface area contributed by atoms with Crippen molar-refractivity contribution in [1.29, 1.82) is 0 Å². The molecule has 5 nitrogen and oxygen atoms in total. The highest BCUT2D eigenvalue weighted by atomic mass is 16.3. The van der Waals surface area contributed by atoms with Crippen LogP contribution in [0.5, 0.6) is 0 Å². The molecule has 7 aromatic carbocycles. The minimum atomic E-state index is 0.644. The number of rotatable bonds is 5. The summed E-state index contributed by atoms with van der Waals surface area (Å²) in [4.78, 5) is 15.1. The number of aromatic nitrogens is 3. The van der Waals surface area contributed by atoms with E-state index in [2.05, 4.69) is 120 Å². The average Bonchev–Trinajstić information content (AvgIpc) is 3.83. The number of hydrogen-bond acceptors (Lipinski definition) is 5. The first-order chi connectivity index (χ1) is 26.8. The maximum absolute atomic E-state index is 6.75. The van der Waals surface area contributed by atoms with Crippen molar-refractivity contribution >= 4 is 54.8 Å². The normalized spacial score (nSPS) is 11.7. The maximum Gasteiger partial charge on any atom is 0.160 e. The highest BCUT2D eigenvalue weighted by molar-refractivity contribution is 6.18. The number of hydrogen-bond donors (Lipinski definition) is 0. The van der Waals surface area contributed by atoms with E-state index in [0.29, 0.717) is 5.82 Å². The molecule has 4 aromatic heterocycles. The third-order valence-corrected chi connectivity index (χ3v) is 10.4. The van der Waals surface area contributed by atoms with Gasteiger partial charge < -0.3 is 8.83 Å². The molecule has 0 aliphatic carbocycles. The van der Waals surface area contributed by atoms with Crippen molar-refractivity contribution in [3.8, 4) is 56.2 Å². The van der Waals surface area contributed by atoms with Crippen molar-refractivity contribution in [2.75, 3.05) is 0 Å². The van der Waals surface area contributed by atoms with Crippen molar-refractivity contribution in [1.82, 2.24) is 15.0 Å². The zero-order chi connectivity index (χ0) is 35.6. The lowest BCUT2D eigenvalue weighted by Gasteiger charge is -2.12. The molecule has 11 aromatic rings. The van der Waals surface area contributed by atoms with Crippen molar-refractivity contribution in [2.24, 2.45) is 0 Å². The van der Waals surface area contributed by atoms with Crippen LogP contribution in [0.3, 0.4) is 0 Å². The highest BCUT2D eigenvalue weighted by Gasteiger charge is 2.22. The number of nitrogens with zero attached hydrogens (tertiary/aromatic N) is 3. The van der Waals surface area contributed by atoms with Crippen LogP contribution in [-0.2, 0) is 0 Å². The van der Waals surface area contributed by atoms with E-state index >= 15 is 0 Å². The smallest absolute Gasteiger partial charge is 0.160 e. The molecule has 0 saturated carbocycles. The third-order valence-electron chi connectivity index (χ3n) is 10.4. The molecule has 0 amide bonds. The number of furan rings is 2. The van der Waals surface area contributed by atoms with Gasteiger partial charge in [-0.2, -0.15) is 0 Å². The van der Waals surface area contributed by atoms with Crippen molar-refractivity contribution < 1.29 is 8.83 Å². The molecule has 252 valence electrons. The number of pyridine rings is 1. The van der Waals surface area contributed by atoms with Gasteiger partial charge in [-0.1, -0.05) is 140 Å². The minimum Gasteiger partial charge on any atom is -0.455 e. The van der Waals surface area contributed by atoms with E-state index in [1.54, 1.807) is 0 Å². The van der Waals surface area contributed by atoms with E-state index in [0.717, 1.165) is 105 Å². The predicted molar refractivity (Wildman–Crippen MR) is 219 cm³/mol. The summed E-state index contributed by atoms with van der Waals surface area (Å²) in [6.07, 6.45) is 1.84. The van der Waals surface area contributed by atoms with Crippen molar-refractivity contribution in [3.05, 3.63) is 176 Å². The lowest BCUT2D eigenvalue weighted by Crippen LogP contribution is -1.96. The van der Waals surface area contributed by atoms with Crippen LogP contribution < -0.4 is 0 Å². The van der Waals surface area contributed by atoms with Crippen LogP contribution in [0, 0.1) is 0 Å². The molecular weight excluding hydrogens is 663 g/mol. The van der Waals surface area contributed by atoms with Gasteiger partial charge in [-0.25, -0.2) is 9.97 Å². The molecule has 0 aliphatic heterocycles. The van der Waals surface area contributed by atoms with Crippen LogP contribution in [0.25, 0.3) is 111 Å². The molecule has 0 saturated heterocycles. The Morgan fingerprint density at radius 3 is 1.89 bits per heavy atom. The van der Waals surface area contributed by atoms with E-state index in [1.165, 1.54) is 0 Å². The molecule has 0 spiro atoms. The first kappa shape index (κ1) is 30.3. The molecule has 0 aliphatic rings. The second-order valence-electron chi connectivity index (χ2n) is 13.5. The van der Waals surface area contributed by atoms with Gasteiger partial charge >= 0.3 is 0 Å². The first-order valence-corrected chi connectivity index (χ1v) is 18.0. The molecule has 0 atom stereocenters. The average molecular weight is 692 g/mol. The van der Waals surface area contributed by atoms with E-state index in [-0.39, 0.29) is 0 Å². The fourth-order valence-corrected chi connectivity index (χ4v) is 7.82. The zero-order valence-corrected chi connectivity index (χ0v) is 28.9. The Balaban J connectivity index is 1.11. The van der Waals surface area contributed by atoms with E-state index in [4.69, 9.17) is 18.8 Å². The summed E-state index contributed by atoms with van der Waals surface area (Å²) >= 11 is 0. The summed E-state index contributed by atoms with van der Waals surface area (Å²) < 4.78 is 13.2. The Kier molecular flexibility index (Phi) is 6.79. The van der Waals surface area contributed by atoms with E-state index in [1.807, 2.05) is 60.8 Å². The largest absolute Gasteiger partial charge is 0.455 e. The minimum absolute atomic E-state index is 0.644. The Morgan fingerprint density at radius 1 is 0.389 bits per heavy atom. The Bertz CT molecular complexity index is 3210. The van der Waals surface area contributed by atoms with E-state index in [9.17, 15) is 0 Å². The molecule has 0 N–H and O–H groups in total. The van der Waals surface area contributed by atoms with Gasteiger partial charge in [0.25, 0.3) is 0 Å². The number of para-hydroxylation sites is 4. The van der Waals surface area contributed by atoms with Crippen LogP contribution in [-0.4, -0.2) is 15.0 Å². The van der Waals surface area contributed by atoms with Crippen LogP contribution >= 0.6 is 0 Å². The van der Waals surface area contributed by atoms with E-state index < -0.39 is 0 Å². The summed E-state index contributed by atoms with van der Waals surface area (Å²) in [5.41, 5.74) is 13.0. The fourth-order valence-electron chi connectivity index (χ4n) is 7.82. The first-order valence-electron chi connectivity index (χ1n) is 18.0. The summed E-state index contributed by atoms with van der Waals surface area (Å²) in [6.45, 7) is 0. The molecular formula is C49H29N3O2. The van der Waals surface area contributed by atoms with Crippen LogP contribution in [0.1, 0.15) is 0 Å². The number of benzene rings is 7. The highest BCUT2D eigenvalue weighted by Crippen LogP contribution is 2.45. The summed E-state index contributed by atoms with van der Waals surface area (Å²) in [5.74, 6) is 0.644. The monoisotopic (exact) mass is 691 g/mol. The van der Waals surface area contributed by atoms with Gasteiger partial charge in [0.2, 0.25) is 0 Å². The Labute approximate surface area is 309 Å². The standard InChI is InChI=1S/C49H29N3O2/c1-2-11-31(12-3-1)41-29-42(52-49(51-41)33-24-22-30(23-25-33)34-17-8-13-32-14-10-28-50-46(32)34)39-27-26-38(48-45(39)40-16-5-7-21-44(40)54-48)37-19-9-18-36-35-15-4-6-20-43(35)53-47(36)37/h1-29H.